The fourth-order valence-corrected chi connectivity index (χ4v) is 3.26. The van der Waals surface area contributed by atoms with Crippen molar-refractivity contribution in [3.05, 3.63) is 64.7 Å². The Morgan fingerprint density at radius 2 is 1.82 bits per heavy atom. The molecule has 0 bridgehead atoms. The number of carbonyl (C=O) groups is 2. The van der Waals surface area contributed by atoms with Gasteiger partial charge in [-0.05, 0) is 63.1 Å². The normalized spacial score (nSPS) is 20.1. The lowest BCUT2D eigenvalue weighted by Gasteiger charge is -2.35. The summed E-state index contributed by atoms with van der Waals surface area (Å²) in [5.74, 6) is -0.0858. The van der Waals surface area contributed by atoms with Gasteiger partial charge in [0.25, 0.3) is 11.8 Å². The van der Waals surface area contributed by atoms with Crippen LogP contribution in [-0.4, -0.2) is 42.0 Å². The second-order valence-electron chi connectivity index (χ2n) is 7.29. The van der Waals surface area contributed by atoms with Crippen molar-refractivity contribution in [2.24, 2.45) is 0 Å². The van der Waals surface area contributed by atoms with Gasteiger partial charge in [0, 0.05) is 24.7 Å². The molecule has 3 rings (SSSR count). The number of morpholine rings is 1. The van der Waals surface area contributed by atoms with Crippen LogP contribution in [0.15, 0.2) is 46.7 Å². The largest absolute Gasteiger partial charge is 0.465 e. The molecule has 0 spiro atoms. The summed E-state index contributed by atoms with van der Waals surface area (Å²) in [5, 5.41) is 2.78. The molecule has 1 fully saturated rings. The molecule has 2 atom stereocenters. The average molecular weight is 382 g/mol. The Balaban J connectivity index is 1.86. The highest BCUT2D eigenvalue weighted by molar-refractivity contribution is 6.05. The summed E-state index contributed by atoms with van der Waals surface area (Å²) in [7, 11) is 0. The Hall–Kier alpha value is -2.86. The number of nitrogens with one attached hydrogen (secondary N) is 1. The summed E-state index contributed by atoms with van der Waals surface area (Å²) in [5.41, 5.74) is 2.81. The molecule has 1 saturated heterocycles. The summed E-state index contributed by atoms with van der Waals surface area (Å²) < 4.78 is 11.1. The predicted octanol–water partition coefficient (Wildman–Crippen LogP) is 3.30. The minimum Gasteiger partial charge on any atom is -0.465 e. The lowest BCUT2D eigenvalue weighted by molar-refractivity contribution is -0.139. The maximum Gasteiger partial charge on any atom is 0.270 e. The lowest BCUT2D eigenvalue weighted by atomic mass is 10.1. The number of hydrogen-bond acceptors (Lipinski definition) is 4. The van der Waals surface area contributed by atoms with Gasteiger partial charge in [0.2, 0.25) is 0 Å². The van der Waals surface area contributed by atoms with E-state index in [1.54, 1.807) is 29.2 Å². The molecule has 1 aliphatic rings. The van der Waals surface area contributed by atoms with Crippen molar-refractivity contribution in [2.75, 3.05) is 13.1 Å². The standard InChI is InChI=1S/C22H26N2O4/c1-14-7-8-18(10-15(14)2)21(25)23-20(11-19-6-5-9-27-19)22(26)24-12-16(3)28-17(4)13-24/h5-11,16-17H,12-13H2,1-4H3,(H,23,25). The van der Waals surface area contributed by atoms with Crippen molar-refractivity contribution in [2.45, 2.75) is 39.9 Å². The molecule has 0 aliphatic carbocycles. The minimum absolute atomic E-state index is 0.0620. The smallest absolute Gasteiger partial charge is 0.270 e. The Morgan fingerprint density at radius 3 is 2.43 bits per heavy atom. The maximum atomic E-state index is 13.1. The summed E-state index contributed by atoms with van der Waals surface area (Å²) in [6.07, 6.45) is 2.96. The molecule has 2 unspecified atom stereocenters. The van der Waals surface area contributed by atoms with Crippen LogP contribution in [-0.2, 0) is 9.53 Å². The molecule has 1 aromatic carbocycles. The van der Waals surface area contributed by atoms with Crippen LogP contribution in [0.2, 0.25) is 0 Å². The van der Waals surface area contributed by atoms with Crippen LogP contribution in [0, 0.1) is 13.8 Å². The molecule has 148 valence electrons. The van der Waals surface area contributed by atoms with Gasteiger partial charge in [0.05, 0.1) is 18.5 Å². The zero-order valence-corrected chi connectivity index (χ0v) is 16.7. The van der Waals surface area contributed by atoms with Gasteiger partial charge in [-0.1, -0.05) is 6.07 Å². The van der Waals surface area contributed by atoms with Crippen LogP contribution < -0.4 is 5.32 Å². The fraction of sp³-hybridized carbons (Fsp3) is 0.364. The van der Waals surface area contributed by atoms with Crippen molar-refractivity contribution in [1.82, 2.24) is 10.2 Å². The molecule has 2 aromatic rings. The monoisotopic (exact) mass is 382 g/mol. The summed E-state index contributed by atoms with van der Waals surface area (Å²) >= 11 is 0. The SMILES string of the molecule is Cc1ccc(C(=O)NC(=Cc2ccco2)C(=O)N2CC(C)OC(C)C2)cc1C. The van der Waals surface area contributed by atoms with E-state index in [1.165, 1.54) is 6.26 Å². The van der Waals surface area contributed by atoms with E-state index in [0.29, 0.717) is 24.4 Å². The first-order valence-electron chi connectivity index (χ1n) is 9.42. The molecular weight excluding hydrogens is 356 g/mol. The maximum absolute atomic E-state index is 13.1. The van der Waals surface area contributed by atoms with E-state index in [1.807, 2.05) is 39.8 Å². The Kier molecular flexibility index (Phi) is 5.99. The minimum atomic E-state index is -0.330. The van der Waals surface area contributed by atoms with Crippen molar-refractivity contribution in [1.29, 1.82) is 0 Å². The van der Waals surface area contributed by atoms with Gasteiger partial charge in [-0.2, -0.15) is 0 Å². The van der Waals surface area contributed by atoms with Gasteiger partial charge < -0.3 is 19.4 Å². The third-order valence-electron chi connectivity index (χ3n) is 4.78. The highest BCUT2D eigenvalue weighted by atomic mass is 16.5. The van der Waals surface area contributed by atoms with Crippen LogP contribution in [0.5, 0.6) is 0 Å². The lowest BCUT2D eigenvalue weighted by Crippen LogP contribution is -2.50. The number of nitrogens with zero attached hydrogens (tertiary/aromatic N) is 1. The quantitative estimate of drug-likeness (QED) is 0.824. The summed E-state index contributed by atoms with van der Waals surface area (Å²) in [6, 6.07) is 8.94. The molecule has 2 heterocycles. The Labute approximate surface area is 165 Å². The average Bonchev–Trinajstić information content (AvgIpc) is 3.15. The number of furan rings is 1. The molecule has 6 heteroatoms. The van der Waals surface area contributed by atoms with E-state index in [2.05, 4.69) is 5.32 Å². The summed E-state index contributed by atoms with van der Waals surface area (Å²) in [6.45, 7) is 8.74. The van der Waals surface area contributed by atoms with E-state index in [-0.39, 0.29) is 29.7 Å². The number of carbonyl (C=O) groups excluding carboxylic acids is 2. The predicted molar refractivity (Wildman–Crippen MR) is 107 cm³/mol. The van der Waals surface area contributed by atoms with Crippen LogP contribution in [0.3, 0.4) is 0 Å². The molecule has 1 aliphatic heterocycles. The van der Waals surface area contributed by atoms with Gasteiger partial charge in [0.15, 0.2) is 0 Å². The van der Waals surface area contributed by atoms with Crippen LogP contribution in [0.1, 0.15) is 41.1 Å². The number of rotatable bonds is 4. The zero-order chi connectivity index (χ0) is 20.3. The molecule has 28 heavy (non-hydrogen) atoms. The molecule has 6 nitrogen and oxygen atoms in total. The second-order valence-corrected chi connectivity index (χ2v) is 7.29. The molecule has 0 saturated carbocycles. The fourth-order valence-electron chi connectivity index (χ4n) is 3.26. The molecule has 1 N–H and O–H groups in total. The summed E-state index contributed by atoms with van der Waals surface area (Å²) in [4.78, 5) is 27.6. The van der Waals surface area contributed by atoms with E-state index in [0.717, 1.165) is 11.1 Å². The van der Waals surface area contributed by atoms with Crippen LogP contribution in [0.25, 0.3) is 6.08 Å². The van der Waals surface area contributed by atoms with Gasteiger partial charge in [-0.15, -0.1) is 0 Å². The van der Waals surface area contributed by atoms with Crippen LogP contribution in [0.4, 0.5) is 0 Å². The first-order chi connectivity index (χ1) is 13.3. The van der Waals surface area contributed by atoms with Gasteiger partial charge >= 0.3 is 0 Å². The van der Waals surface area contributed by atoms with Gasteiger partial charge in [-0.3, -0.25) is 9.59 Å². The highest BCUT2D eigenvalue weighted by Gasteiger charge is 2.28. The number of ether oxygens (including phenoxy) is 1. The Morgan fingerprint density at radius 1 is 1.11 bits per heavy atom. The van der Waals surface area contributed by atoms with Crippen molar-refractivity contribution in [3.63, 3.8) is 0 Å². The van der Waals surface area contributed by atoms with Crippen LogP contribution >= 0.6 is 0 Å². The first-order valence-corrected chi connectivity index (χ1v) is 9.42. The van der Waals surface area contributed by atoms with Crippen molar-refractivity contribution >= 4 is 17.9 Å². The van der Waals surface area contributed by atoms with Crippen molar-refractivity contribution < 1.29 is 18.7 Å². The van der Waals surface area contributed by atoms with E-state index in [4.69, 9.17) is 9.15 Å². The number of benzene rings is 1. The molecule has 2 amide bonds. The first kappa shape index (κ1) is 19.9. The number of amides is 2. The van der Waals surface area contributed by atoms with E-state index < -0.39 is 0 Å². The van der Waals surface area contributed by atoms with E-state index >= 15 is 0 Å². The number of hydrogen-bond donors (Lipinski definition) is 1. The molecular formula is C22H26N2O4. The van der Waals surface area contributed by atoms with Crippen molar-refractivity contribution in [3.8, 4) is 0 Å². The Bertz CT molecular complexity index is 876. The molecule has 1 aromatic heterocycles. The molecule has 0 radical (unpaired) electrons. The number of aryl methyl sites for hydroxylation is 2. The van der Waals surface area contributed by atoms with E-state index in [9.17, 15) is 9.59 Å². The van der Waals surface area contributed by atoms with Gasteiger partial charge in [0.1, 0.15) is 11.5 Å². The topological polar surface area (TPSA) is 71.8 Å². The third-order valence-corrected chi connectivity index (χ3v) is 4.78. The zero-order valence-electron chi connectivity index (χ0n) is 16.7. The highest BCUT2D eigenvalue weighted by Crippen LogP contribution is 2.16. The second kappa shape index (κ2) is 8.44. The third kappa shape index (κ3) is 4.70. The van der Waals surface area contributed by atoms with Gasteiger partial charge in [-0.25, -0.2) is 0 Å².